The maximum absolute atomic E-state index is 13.2. The van der Waals surface area contributed by atoms with E-state index in [9.17, 15) is 13.2 Å². The molecule has 0 fully saturated rings. The van der Waals surface area contributed by atoms with Gasteiger partial charge in [0.15, 0.2) is 0 Å². The first-order valence-corrected chi connectivity index (χ1v) is 12.8. The fourth-order valence-corrected chi connectivity index (χ4v) is 5.54. The van der Waals surface area contributed by atoms with Gasteiger partial charge < -0.3 is 10.4 Å². The molecule has 0 spiro atoms. The zero-order valence-electron chi connectivity index (χ0n) is 18.4. The van der Waals surface area contributed by atoms with Crippen LogP contribution >= 0.6 is 35.1 Å². The van der Waals surface area contributed by atoms with Crippen molar-refractivity contribution in [2.75, 3.05) is 25.0 Å². The second-order valence-electron chi connectivity index (χ2n) is 7.43. The summed E-state index contributed by atoms with van der Waals surface area (Å²) in [6, 6.07) is 10.0. The number of hydrogen-bond donors (Lipinski definition) is 2. The molecule has 33 heavy (non-hydrogen) atoms. The SMILES string of the molecule is CN1c2ccccc2C(NCCCCCCC(=O)O)c2cc(Cl)c(Cl)cc2S1(=O)=O.COCl. The summed E-state index contributed by atoms with van der Waals surface area (Å²) < 4.78 is 31.5. The molecule has 0 amide bonds. The quantitative estimate of drug-likeness (QED) is 0.424. The average molecular weight is 538 g/mol. The van der Waals surface area contributed by atoms with Gasteiger partial charge in [0, 0.05) is 13.5 Å². The van der Waals surface area contributed by atoms with Crippen LogP contribution in [0.2, 0.25) is 10.0 Å². The highest BCUT2D eigenvalue weighted by atomic mass is 35.5. The molecule has 7 nitrogen and oxygen atoms in total. The second kappa shape index (κ2) is 12.8. The van der Waals surface area contributed by atoms with Gasteiger partial charge in [0.25, 0.3) is 10.0 Å². The van der Waals surface area contributed by atoms with Gasteiger partial charge >= 0.3 is 5.97 Å². The third kappa shape index (κ3) is 6.97. The van der Waals surface area contributed by atoms with Crippen molar-refractivity contribution in [1.29, 1.82) is 0 Å². The Balaban J connectivity index is 0.00000122. The summed E-state index contributed by atoms with van der Waals surface area (Å²) in [5.74, 6) is -0.777. The zero-order chi connectivity index (χ0) is 24.6. The first-order chi connectivity index (χ1) is 15.6. The Morgan fingerprint density at radius 2 is 1.70 bits per heavy atom. The number of fused-ring (bicyclic) bond motifs is 2. The van der Waals surface area contributed by atoms with Crippen molar-refractivity contribution in [3.8, 4) is 0 Å². The molecule has 182 valence electrons. The van der Waals surface area contributed by atoms with E-state index in [0.29, 0.717) is 29.2 Å². The van der Waals surface area contributed by atoms with Gasteiger partial charge in [-0.15, -0.1) is 0 Å². The average Bonchev–Trinajstić information content (AvgIpc) is 2.82. The van der Waals surface area contributed by atoms with Gasteiger partial charge in [-0.1, -0.05) is 54.2 Å². The summed E-state index contributed by atoms with van der Waals surface area (Å²) in [6.07, 6.45) is 3.41. The van der Waals surface area contributed by atoms with E-state index in [1.54, 1.807) is 18.2 Å². The zero-order valence-corrected chi connectivity index (χ0v) is 21.4. The van der Waals surface area contributed by atoms with Crippen molar-refractivity contribution < 1.29 is 22.6 Å². The van der Waals surface area contributed by atoms with Crippen LogP contribution in [-0.2, 0) is 19.1 Å². The molecule has 11 heteroatoms. The number of nitrogens with one attached hydrogen (secondary N) is 1. The highest BCUT2D eigenvalue weighted by Gasteiger charge is 2.35. The van der Waals surface area contributed by atoms with E-state index in [-0.39, 0.29) is 22.4 Å². The first kappa shape index (κ1) is 27.7. The number of halogens is 3. The third-order valence-corrected chi connectivity index (χ3v) is 7.80. The van der Waals surface area contributed by atoms with Gasteiger partial charge in [-0.2, -0.15) is 0 Å². The minimum absolute atomic E-state index is 0.134. The Hall–Kier alpha value is -1.55. The predicted molar refractivity (Wildman–Crippen MR) is 132 cm³/mol. The number of carboxylic acids is 1. The van der Waals surface area contributed by atoms with Crippen LogP contribution < -0.4 is 9.62 Å². The molecule has 1 aliphatic heterocycles. The van der Waals surface area contributed by atoms with Crippen LogP contribution in [0.5, 0.6) is 0 Å². The fraction of sp³-hybridized carbons (Fsp3) is 0.409. The van der Waals surface area contributed by atoms with Crippen LogP contribution in [0.3, 0.4) is 0 Å². The van der Waals surface area contributed by atoms with Crippen LogP contribution in [0.1, 0.15) is 49.3 Å². The van der Waals surface area contributed by atoms with Crippen LogP contribution in [0.4, 0.5) is 5.69 Å². The fourth-order valence-electron chi connectivity index (χ4n) is 3.68. The molecule has 2 N–H and O–H groups in total. The lowest BCUT2D eigenvalue weighted by Crippen LogP contribution is -2.26. The highest BCUT2D eigenvalue weighted by Crippen LogP contribution is 2.42. The lowest BCUT2D eigenvalue weighted by atomic mass is 9.96. The molecule has 1 atom stereocenters. The molecular formula is C22H27Cl3N2O5S. The van der Waals surface area contributed by atoms with E-state index in [4.69, 9.17) is 28.3 Å². The Morgan fingerprint density at radius 1 is 1.09 bits per heavy atom. The summed E-state index contributed by atoms with van der Waals surface area (Å²) >= 11 is 16.9. The highest BCUT2D eigenvalue weighted by molar-refractivity contribution is 7.92. The number of para-hydroxylation sites is 1. The molecule has 1 heterocycles. The van der Waals surface area contributed by atoms with E-state index in [0.717, 1.165) is 24.8 Å². The molecule has 0 aliphatic carbocycles. The van der Waals surface area contributed by atoms with Crippen molar-refractivity contribution in [2.24, 2.45) is 0 Å². The van der Waals surface area contributed by atoms with Crippen molar-refractivity contribution in [3.63, 3.8) is 0 Å². The summed E-state index contributed by atoms with van der Waals surface area (Å²) in [5.41, 5.74) is 2.00. The van der Waals surface area contributed by atoms with Crippen LogP contribution in [0, 0.1) is 0 Å². The molecule has 2 aromatic rings. The number of carboxylic acid groups (broad SMARTS) is 1. The molecule has 0 aromatic heterocycles. The molecule has 2 aromatic carbocycles. The lowest BCUT2D eigenvalue weighted by Gasteiger charge is -2.22. The van der Waals surface area contributed by atoms with Crippen molar-refractivity contribution >= 4 is 56.7 Å². The maximum atomic E-state index is 13.2. The summed E-state index contributed by atoms with van der Waals surface area (Å²) in [6.45, 7) is 0.648. The van der Waals surface area contributed by atoms with E-state index >= 15 is 0 Å². The lowest BCUT2D eigenvalue weighted by molar-refractivity contribution is -0.137. The normalized spacial score (nSPS) is 16.2. The molecule has 3 rings (SSSR count). The number of aliphatic carboxylic acids is 1. The number of benzene rings is 2. The number of rotatable bonds is 8. The number of anilines is 1. The summed E-state index contributed by atoms with van der Waals surface area (Å²) in [7, 11) is -0.875. The van der Waals surface area contributed by atoms with Gasteiger partial charge in [-0.25, -0.2) is 8.42 Å². The number of unbranched alkanes of at least 4 members (excludes halogenated alkanes) is 3. The van der Waals surface area contributed by atoms with Crippen molar-refractivity contribution in [3.05, 3.63) is 57.6 Å². The van der Waals surface area contributed by atoms with E-state index in [2.05, 4.69) is 21.5 Å². The van der Waals surface area contributed by atoms with Crippen LogP contribution in [-0.4, -0.2) is 40.2 Å². The monoisotopic (exact) mass is 536 g/mol. The second-order valence-corrected chi connectivity index (χ2v) is 10.5. The number of hydrogen-bond acceptors (Lipinski definition) is 5. The topological polar surface area (TPSA) is 95.9 Å². The standard InChI is InChI=1S/C21H24Cl2N2O4S.CH3ClO/c1-25-18-9-6-5-8-14(18)21(24-11-7-3-2-4-10-20(26)27)15-12-16(22)17(23)13-19(15)30(25,28)29;1-3-2/h5-6,8-9,12-13,21,24H,2-4,7,10-11H2,1H3,(H,26,27);1H3. The third-order valence-electron chi connectivity index (χ3n) is 5.26. The number of sulfonamides is 1. The van der Waals surface area contributed by atoms with Crippen LogP contribution in [0.15, 0.2) is 41.3 Å². The van der Waals surface area contributed by atoms with E-state index in [1.807, 2.05) is 12.1 Å². The van der Waals surface area contributed by atoms with Crippen molar-refractivity contribution in [1.82, 2.24) is 5.32 Å². The van der Waals surface area contributed by atoms with Gasteiger partial charge in [0.2, 0.25) is 0 Å². The molecule has 0 bridgehead atoms. The molecule has 0 saturated carbocycles. The predicted octanol–water partition coefficient (Wildman–Crippen LogP) is 5.63. The van der Waals surface area contributed by atoms with E-state index < -0.39 is 16.0 Å². The molecule has 0 radical (unpaired) electrons. The maximum Gasteiger partial charge on any atom is 0.303 e. The van der Waals surface area contributed by atoms with E-state index in [1.165, 1.54) is 24.5 Å². The van der Waals surface area contributed by atoms with Gasteiger partial charge in [0.1, 0.15) is 0 Å². The Bertz CT molecular complexity index is 1070. The van der Waals surface area contributed by atoms with Crippen LogP contribution in [0.25, 0.3) is 0 Å². The smallest absolute Gasteiger partial charge is 0.303 e. The number of nitrogens with zero attached hydrogens (tertiary/aromatic N) is 1. The molecular weight excluding hydrogens is 511 g/mol. The Morgan fingerprint density at radius 3 is 2.36 bits per heavy atom. The van der Waals surface area contributed by atoms with Gasteiger partial charge in [-0.05, 0) is 48.7 Å². The summed E-state index contributed by atoms with van der Waals surface area (Å²) in [4.78, 5) is 10.7. The summed E-state index contributed by atoms with van der Waals surface area (Å²) in [5, 5.41) is 12.7. The minimum atomic E-state index is -3.80. The number of carbonyl (C=O) groups is 1. The Kier molecular flexibility index (Phi) is 10.7. The molecule has 1 aliphatic rings. The minimum Gasteiger partial charge on any atom is -0.481 e. The molecule has 1 unspecified atom stereocenters. The first-order valence-electron chi connectivity index (χ1n) is 10.3. The van der Waals surface area contributed by atoms with Gasteiger partial charge in [-0.3, -0.25) is 13.4 Å². The Labute approximate surface area is 209 Å². The molecule has 0 saturated heterocycles. The van der Waals surface area contributed by atoms with Gasteiger partial charge in [0.05, 0.1) is 45.6 Å². The largest absolute Gasteiger partial charge is 0.481 e. The van der Waals surface area contributed by atoms with Crippen molar-refractivity contribution in [2.45, 2.75) is 43.0 Å².